The molecule has 0 saturated carbocycles. The predicted octanol–water partition coefficient (Wildman–Crippen LogP) is 1.33. The maximum Gasteiger partial charge on any atom is 0.307 e. The number of carbonyl (C=O) groups excluding carboxylic acids is 3. The van der Waals surface area contributed by atoms with Gasteiger partial charge in [0.1, 0.15) is 0 Å². The number of piperidine rings is 2. The summed E-state index contributed by atoms with van der Waals surface area (Å²) in [4.78, 5) is 38.7. The highest BCUT2D eigenvalue weighted by molar-refractivity contribution is 6.02. The number of esters is 1. The Labute approximate surface area is 137 Å². The minimum absolute atomic E-state index is 0.110. The summed E-state index contributed by atoms with van der Waals surface area (Å²) in [6.45, 7) is 2.99. The molecular weight excluding hydrogens is 296 g/mol. The highest BCUT2D eigenvalue weighted by atomic mass is 16.5. The van der Waals surface area contributed by atoms with E-state index >= 15 is 0 Å². The van der Waals surface area contributed by atoms with E-state index in [2.05, 4.69) is 4.90 Å². The molecule has 0 aromatic heterocycles. The second-order valence-electron chi connectivity index (χ2n) is 6.87. The number of imide groups is 1. The summed E-state index contributed by atoms with van der Waals surface area (Å²) in [5, 5.41) is 0. The van der Waals surface area contributed by atoms with Gasteiger partial charge in [0.05, 0.1) is 13.0 Å². The molecule has 2 unspecified atom stereocenters. The molecule has 0 N–H and O–H groups in total. The van der Waals surface area contributed by atoms with Crippen LogP contribution in [0.2, 0.25) is 0 Å². The first kappa shape index (κ1) is 16.4. The van der Waals surface area contributed by atoms with Crippen LogP contribution >= 0.6 is 0 Å². The summed E-state index contributed by atoms with van der Waals surface area (Å²) < 4.78 is 5.45. The van der Waals surface area contributed by atoms with Crippen LogP contribution in [-0.2, 0) is 19.1 Å². The minimum Gasteiger partial charge on any atom is -0.465 e. The van der Waals surface area contributed by atoms with Gasteiger partial charge in [-0.25, -0.2) is 0 Å². The summed E-state index contributed by atoms with van der Waals surface area (Å²) in [5.41, 5.74) is 0. The van der Waals surface area contributed by atoms with Gasteiger partial charge in [0, 0.05) is 31.3 Å². The third-order valence-electron chi connectivity index (χ3n) is 5.38. The summed E-state index contributed by atoms with van der Waals surface area (Å²) in [6.07, 6.45) is 6.71. The number of hydrogen-bond acceptors (Lipinski definition) is 5. The van der Waals surface area contributed by atoms with Gasteiger partial charge in [-0.1, -0.05) is 6.42 Å². The van der Waals surface area contributed by atoms with Gasteiger partial charge in [-0.3, -0.25) is 24.2 Å². The second-order valence-corrected chi connectivity index (χ2v) is 6.87. The number of hydrogen-bond donors (Lipinski definition) is 0. The second kappa shape index (κ2) is 7.43. The molecule has 6 heteroatoms. The Bertz CT molecular complexity index is 461. The van der Waals surface area contributed by atoms with Crippen LogP contribution in [0.5, 0.6) is 0 Å². The monoisotopic (exact) mass is 322 g/mol. The van der Waals surface area contributed by atoms with E-state index in [1.54, 1.807) is 0 Å². The van der Waals surface area contributed by atoms with E-state index in [9.17, 15) is 14.4 Å². The van der Waals surface area contributed by atoms with E-state index in [0.29, 0.717) is 18.6 Å². The quantitative estimate of drug-likeness (QED) is 0.564. The zero-order chi connectivity index (χ0) is 16.2. The van der Waals surface area contributed by atoms with Crippen LogP contribution in [0.3, 0.4) is 0 Å². The van der Waals surface area contributed by atoms with Gasteiger partial charge in [0.2, 0.25) is 11.8 Å². The highest BCUT2D eigenvalue weighted by Crippen LogP contribution is 2.31. The van der Waals surface area contributed by atoms with Crippen molar-refractivity contribution in [2.24, 2.45) is 5.92 Å². The van der Waals surface area contributed by atoms with E-state index in [0.717, 1.165) is 6.42 Å². The Kier molecular flexibility index (Phi) is 5.30. The van der Waals surface area contributed by atoms with Gasteiger partial charge in [-0.05, 0) is 38.8 Å². The molecule has 3 aliphatic rings. The average Bonchev–Trinajstić information content (AvgIpc) is 2.89. The maximum atomic E-state index is 11.9. The number of rotatable bonds is 5. The fourth-order valence-corrected chi connectivity index (χ4v) is 4.12. The molecule has 3 rings (SSSR count). The van der Waals surface area contributed by atoms with Crippen LogP contribution in [0.15, 0.2) is 0 Å². The molecule has 0 spiro atoms. The highest BCUT2D eigenvalue weighted by Gasteiger charge is 2.34. The molecule has 3 fully saturated rings. The van der Waals surface area contributed by atoms with Crippen molar-refractivity contribution in [3.8, 4) is 0 Å². The van der Waals surface area contributed by atoms with Crippen molar-refractivity contribution in [3.05, 3.63) is 0 Å². The van der Waals surface area contributed by atoms with E-state index in [1.165, 1.54) is 43.7 Å². The molecule has 2 amide bonds. The molecule has 3 saturated heterocycles. The molecule has 128 valence electrons. The Morgan fingerprint density at radius 1 is 1.04 bits per heavy atom. The molecule has 0 aromatic carbocycles. The summed E-state index contributed by atoms with van der Waals surface area (Å²) in [7, 11) is 0. The summed E-state index contributed by atoms with van der Waals surface area (Å²) >= 11 is 0. The van der Waals surface area contributed by atoms with Crippen LogP contribution in [0, 0.1) is 5.92 Å². The van der Waals surface area contributed by atoms with Gasteiger partial charge >= 0.3 is 5.97 Å². The number of amides is 2. The lowest BCUT2D eigenvalue weighted by Crippen LogP contribution is -2.49. The first-order chi connectivity index (χ1) is 11.1. The van der Waals surface area contributed by atoms with Crippen molar-refractivity contribution >= 4 is 17.8 Å². The lowest BCUT2D eigenvalue weighted by molar-refractivity contribution is -0.147. The van der Waals surface area contributed by atoms with Crippen molar-refractivity contribution in [3.63, 3.8) is 0 Å². The van der Waals surface area contributed by atoms with Crippen molar-refractivity contribution < 1.29 is 19.1 Å². The largest absolute Gasteiger partial charge is 0.465 e. The topological polar surface area (TPSA) is 66.9 Å². The number of likely N-dealkylation sites (tertiary alicyclic amines) is 1. The number of fused-ring (bicyclic) bond motifs is 1. The van der Waals surface area contributed by atoms with Crippen LogP contribution in [0.4, 0.5) is 0 Å². The van der Waals surface area contributed by atoms with Crippen LogP contribution in [-0.4, -0.2) is 59.9 Å². The average molecular weight is 322 g/mol. The fourth-order valence-electron chi connectivity index (χ4n) is 4.12. The molecule has 6 nitrogen and oxygen atoms in total. The van der Waals surface area contributed by atoms with Crippen molar-refractivity contribution in [1.29, 1.82) is 0 Å². The third-order valence-corrected chi connectivity index (χ3v) is 5.38. The minimum atomic E-state index is -0.301. The summed E-state index contributed by atoms with van der Waals surface area (Å²) in [6, 6.07) is 0.562. The molecular formula is C17H26N2O4. The smallest absolute Gasteiger partial charge is 0.307 e. The molecule has 0 aliphatic carbocycles. The van der Waals surface area contributed by atoms with Crippen molar-refractivity contribution in [1.82, 2.24) is 9.80 Å². The van der Waals surface area contributed by atoms with E-state index in [1.807, 2.05) is 0 Å². The number of carbonyl (C=O) groups is 3. The van der Waals surface area contributed by atoms with Crippen LogP contribution in [0.25, 0.3) is 0 Å². The SMILES string of the molecule is O=C(CCN1C(=O)CCC1=O)OCC1CCCN2CCCCC12. The van der Waals surface area contributed by atoms with Crippen molar-refractivity contribution in [2.45, 2.75) is 57.4 Å². The lowest BCUT2D eigenvalue weighted by atomic mass is 9.84. The van der Waals surface area contributed by atoms with Gasteiger partial charge in [-0.15, -0.1) is 0 Å². The molecule has 3 aliphatic heterocycles. The fraction of sp³-hybridized carbons (Fsp3) is 0.824. The van der Waals surface area contributed by atoms with Crippen LogP contribution < -0.4 is 0 Å². The van der Waals surface area contributed by atoms with E-state index in [4.69, 9.17) is 4.74 Å². The van der Waals surface area contributed by atoms with Gasteiger partial charge < -0.3 is 4.74 Å². The van der Waals surface area contributed by atoms with Crippen molar-refractivity contribution in [2.75, 3.05) is 26.2 Å². The molecule has 0 aromatic rings. The third kappa shape index (κ3) is 3.91. The molecule has 0 radical (unpaired) electrons. The zero-order valence-electron chi connectivity index (χ0n) is 13.7. The molecule has 2 atom stereocenters. The van der Waals surface area contributed by atoms with Crippen LogP contribution in [0.1, 0.15) is 51.4 Å². The lowest BCUT2D eigenvalue weighted by Gasteiger charge is -2.44. The standard InChI is InChI=1S/C17H26N2O4/c20-15-6-7-16(21)19(15)11-8-17(22)23-12-13-4-3-10-18-9-2-1-5-14(13)18/h13-14H,1-12H2. The predicted molar refractivity (Wildman–Crippen MR) is 83.5 cm³/mol. The zero-order valence-corrected chi connectivity index (χ0v) is 13.7. The Balaban J connectivity index is 1.41. The first-order valence-corrected chi connectivity index (χ1v) is 8.88. The normalized spacial score (nSPS) is 28.8. The Morgan fingerprint density at radius 3 is 2.57 bits per heavy atom. The van der Waals surface area contributed by atoms with Gasteiger partial charge in [0.25, 0.3) is 0 Å². The summed E-state index contributed by atoms with van der Waals surface area (Å²) in [5.74, 6) is -0.214. The van der Waals surface area contributed by atoms with E-state index in [-0.39, 0.29) is 43.6 Å². The number of ether oxygens (including phenoxy) is 1. The maximum absolute atomic E-state index is 11.9. The Hall–Kier alpha value is -1.43. The molecule has 0 bridgehead atoms. The first-order valence-electron chi connectivity index (χ1n) is 8.88. The van der Waals surface area contributed by atoms with E-state index < -0.39 is 0 Å². The Morgan fingerprint density at radius 2 is 1.78 bits per heavy atom. The van der Waals surface area contributed by atoms with Gasteiger partial charge in [-0.2, -0.15) is 0 Å². The molecule has 3 heterocycles. The van der Waals surface area contributed by atoms with Gasteiger partial charge in [0.15, 0.2) is 0 Å². The molecule has 23 heavy (non-hydrogen) atoms. The number of nitrogens with zero attached hydrogens (tertiary/aromatic N) is 2.